The highest BCUT2D eigenvalue weighted by atomic mass is 16.1. The molecule has 0 aromatic carbocycles. The van der Waals surface area contributed by atoms with Gasteiger partial charge in [-0.2, -0.15) is 5.10 Å². The van der Waals surface area contributed by atoms with Gasteiger partial charge in [-0.25, -0.2) is 9.50 Å². The van der Waals surface area contributed by atoms with Gasteiger partial charge in [0.2, 0.25) is 5.91 Å². The number of carbonyl (C=O) groups is 1. The highest BCUT2D eigenvalue weighted by molar-refractivity contribution is 5.80. The molecular formula is C22H26N6O. The van der Waals surface area contributed by atoms with Crippen molar-refractivity contribution >= 4 is 17.2 Å². The third-order valence-electron chi connectivity index (χ3n) is 6.11. The number of hydrogen-bond acceptors (Lipinski definition) is 5. The Morgan fingerprint density at radius 3 is 2.90 bits per heavy atom. The maximum Gasteiger partial charge on any atom is 0.225 e. The van der Waals surface area contributed by atoms with E-state index in [0.717, 1.165) is 49.1 Å². The monoisotopic (exact) mass is 390 g/mol. The average Bonchev–Trinajstić information content (AvgIpc) is 3.17. The van der Waals surface area contributed by atoms with Crippen LogP contribution in [0.25, 0.3) is 5.52 Å². The summed E-state index contributed by atoms with van der Waals surface area (Å²) in [4.78, 5) is 23.8. The molecule has 3 aromatic heterocycles. The number of aromatic nitrogens is 4. The number of nitrogens with one attached hydrogen (secondary N) is 1. The minimum Gasteiger partial charge on any atom is -0.354 e. The number of amides is 1. The van der Waals surface area contributed by atoms with Crippen LogP contribution in [0.5, 0.6) is 0 Å². The van der Waals surface area contributed by atoms with Gasteiger partial charge in [0.1, 0.15) is 5.52 Å². The normalized spacial score (nSPS) is 19.2. The van der Waals surface area contributed by atoms with Gasteiger partial charge >= 0.3 is 0 Å². The van der Waals surface area contributed by atoms with Crippen molar-refractivity contribution in [3.8, 4) is 0 Å². The highest BCUT2D eigenvalue weighted by Crippen LogP contribution is 2.32. The molecule has 2 aliphatic rings. The molecule has 0 unspecified atom stereocenters. The number of fused-ring (bicyclic) bond motifs is 3. The summed E-state index contributed by atoms with van der Waals surface area (Å²) in [5, 5.41) is 7.88. The largest absolute Gasteiger partial charge is 0.354 e. The smallest absolute Gasteiger partial charge is 0.225 e. The SMILES string of the molecule is O=C(NCc1ccncc1)[C@@H]1CCCN(c2nccn3nc4c(c23)CCCC4)C1. The van der Waals surface area contributed by atoms with E-state index in [2.05, 4.69) is 15.2 Å². The van der Waals surface area contributed by atoms with Crippen LogP contribution in [0.4, 0.5) is 5.82 Å². The first-order valence-corrected chi connectivity index (χ1v) is 10.6. The van der Waals surface area contributed by atoms with Crippen molar-refractivity contribution in [1.82, 2.24) is 24.9 Å². The van der Waals surface area contributed by atoms with Gasteiger partial charge < -0.3 is 10.2 Å². The second kappa shape index (κ2) is 7.81. The Balaban J connectivity index is 1.34. The Kier molecular flexibility index (Phi) is 4.87. The number of aryl methyl sites for hydroxylation is 2. The van der Waals surface area contributed by atoms with Crippen LogP contribution in [0.1, 0.15) is 42.5 Å². The molecule has 0 radical (unpaired) electrons. The van der Waals surface area contributed by atoms with E-state index in [9.17, 15) is 4.79 Å². The van der Waals surface area contributed by atoms with Crippen molar-refractivity contribution in [1.29, 1.82) is 0 Å². The van der Waals surface area contributed by atoms with E-state index in [1.165, 1.54) is 24.1 Å². The molecule has 1 saturated heterocycles. The van der Waals surface area contributed by atoms with Crippen molar-refractivity contribution in [3.63, 3.8) is 0 Å². The standard InChI is InChI=1S/C22H26N6O/c29-22(25-14-16-7-9-23-10-8-16)17-4-3-12-27(15-17)21-20-18-5-1-2-6-19(18)26-28(20)13-11-24-21/h7-11,13,17H,1-6,12,14-15H2,(H,25,29)/t17-/m1/s1. The molecule has 1 atom stereocenters. The molecule has 1 N–H and O–H groups in total. The van der Waals surface area contributed by atoms with E-state index in [0.29, 0.717) is 13.1 Å². The highest BCUT2D eigenvalue weighted by Gasteiger charge is 2.29. The van der Waals surface area contributed by atoms with E-state index >= 15 is 0 Å². The third-order valence-corrected chi connectivity index (χ3v) is 6.11. The molecule has 7 nitrogen and oxygen atoms in total. The molecule has 150 valence electrons. The van der Waals surface area contributed by atoms with Crippen LogP contribution in [0.15, 0.2) is 36.9 Å². The van der Waals surface area contributed by atoms with E-state index in [-0.39, 0.29) is 11.8 Å². The van der Waals surface area contributed by atoms with Gasteiger partial charge in [0.05, 0.1) is 11.6 Å². The molecule has 1 aliphatic heterocycles. The number of hydrogen-bond donors (Lipinski definition) is 1. The van der Waals surface area contributed by atoms with Crippen molar-refractivity contribution in [2.24, 2.45) is 5.92 Å². The first kappa shape index (κ1) is 18.1. The Morgan fingerprint density at radius 2 is 2.00 bits per heavy atom. The lowest BCUT2D eigenvalue weighted by atomic mass is 9.95. The first-order chi connectivity index (χ1) is 14.3. The average molecular weight is 390 g/mol. The molecule has 0 spiro atoms. The summed E-state index contributed by atoms with van der Waals surface area (Å²) in [7, 11) is 0. The summed E-state index contributed by atoms with van der Waals surface area (Å²) in [6, 6.07) is 3.86. The van der Waals surface area contributed by atoms with Crippen molar-refractivity contribution in [2.75, 3.05) is 18.0 Å². The van der Waals surface area contributed by atoms with Crippen LogP contribution in [0.3, 0.4) is 0 Å². The third kappa shape index (κ3) is 3.57. The molecule has 1 aliphatic carbocycles. The van der Waals surface area contributed by atoms with Crippen LogP contribution in [0.2, 0.25) is 0 Å². The van der Waals surface area contributed by atoms with Gasteiger partial charge in [-0.05, 0) is 56.2 Å². The summed E-state index contributed by atoms with van der Waals surface area (Å²) >= 11 is 0. The van der Waals surface area contributed by atoms with Crippen LogP contribution in [-0.4, -0.2) is 38.6 Å². The number of carbonyl (C=O) groups excluding carboxylic acids is 1. The maximum atomic E-state index is 12.8. The predicted molar refractivity (Wildman–Crippen MR) is 111 cm³/mol. The van der Waals surface area contributed by atoms with Gasteiger partial charge in [0.25, 0.3) is 0 Å². The predicted octanol–water partition coefficient (Wildman–Crippen LogP) is 2.54. The van der Waals surface area contributed by atoms with Gasteiger partial charge in [0.15, 0.2) is 5.82 Å². The fourth-order valence-corrected chi connectivity index (χ4v) is 4.60. The fourth-order valence-electron chi connectivity index (χ4n) is 4.60. The van der Waals surface area contributed by atoms with Crippen molar-refractivity contribution in [3.05, 3.63) is 53.7 Å². The Morgan fingerprint density at radius 1 is 1.14 bits per heavy atom. The van der Waals surface area contributed by atoms with E-state index in [4.69, 9.17) is 10.1 Å². The van der Waals surface area contributed by atoms with Gasteiger partial charge in [-0.15, -0.1) is 0 Å². The van der Waals surface area contributed by atoms with Gasteiger partial charge in [-0.3, -0.25) is 9.78 Å². The quantitative estimate of drug-likeness (QED) is 0.741. The van der Waals surface area contributed by atoms with Crippen LogP contribution in [-0.2, 0) is 24.2 Å². The number of nitrogens with zero attached hydrogens (tertiary/aromatic N) is 5. The lowest BCUT2D eigenvalue weighted by Gasteiger charge is -2.33. The summed E-state index contributed by atoms with van der Waals surface area (Å²) in [5.74, 6) is 1.08. The summed E-state index contributed by atoms with van der Waals surface area (Å²) < 4.78 is 1.99. The van der Waals surface area contributed by atoms with E-state index < -0.39 is 0 Å². The first-order valence-electron chi connectivity index (χ1n) is 10.6. The number of rotatable bonds is 4. The second-order valence-electron chi connectivity index (χ2n) is 8.03. The molecule has 0 bridgehead atoms. The molecule has 4 heterocycles. The minimum atomic E-state index is -0.0219. The number of anilines is 1. The topological polar surface area (TPSA) is 75.4 Å². The summed E-state index contributed by atoms with van der Waals surface area (Å²) in [6.07, 6.45) is 13.7. The lowest BCUT2D eigenvalue weighted by molar-refractivity contribution is -0.125. The Labute approximate surface area is 170 Å². The van der Waals surface area contributed by atoms with Gasteiger partial charge in [-0.1, -0.05) is 0 Å². The molecule has 3 aromatic rings. The maximum absolute atomic E-state index is 12.8. The second-order valence-corrected chi connectivity index (χ2v) is 8.03. The summed E-state index contributed by atoms with van der Waals surface area (Å²) in [5.41, 5.74) is 4.77. The summed E-state index contributed by atoms with van der Waals surface area (Å²) in [6.45, 7) is 2.18. The molecule has 5 rings (SSSR count). The molecular weight excluding hydrogens is 364 g/mol. The van der Waals surface area contributed by atoms with Crippen LogP contribution < -0.4 is 10.2 Å². The zero-order valence-corrected chi connectivity index (χ0v) is 16.5. The minimum absolute atomic E-state index is 0.0219. The van der Waals surface area contributed by atoms with Gasteiger partial charge in [0, 0.05) is 50.0 Å². The zero-order chi connectivity index (χ0) is 19.6. The Hall–Kier alpha value is -2.96. The van der Waals surface area contributed by atoms with Crippen LogP contribution >= 0.6 is 0 Å². The fraction of sp³-hybridized carbons (Fsp3) is 0.455. The number of pyridine rings is 1. The molecule has 7 heteroatoms. The van der Waals surface area contributed by atoms with Crippen molar-refractivity contribution in [2.45, 2.75) is 45.1 Å². The molecule has 29 heavy (non-hydrogen) atoms. The number of piperidine rings is 1. The van der Waals surface area contributed by atoms with Crippen molar-refractivity contribution < 1.29 is 4.79 Å². The molecule has 1 fully saturated rings. The Bertz CT molecular complexity index is 1010. The molecule has 0 saturated carbocycles. The van der Waals surface area contributed by atoms with E-state index in [1.807, 2.05) is 29.0 Å². The lowest BCUT2D eigenvalue weighted by Crippen LogP contribution is -2.43. The molecule has 1 amide bonds. The van der Waals surface area contributed by atoms with Crippen LogP contribution in [0, 0.1) is 5.92 Å². The zero-order valence-electron chi connectivity index (χ0n) is 16.5. The van der Waals surface area contributed by atoms with E-state index in [1.54, 1.807) is 12.4 Å².